The van der Waals surface area contributed by atoms with Crippen LogP contribution in [0.25, 0.3) is 35.5 Å². The Bertz CT molecular complexity index is 1400. The van der Waals surface area contributed by atoms with Crippen LogP contribution in [0.2, 0.25) is 0 Å². The summed E-state index contributed by atoms with van der Waals surface area (Å²) in [7, 11) is 0. The number of rotatable bonds is 5. The van der Waals surface area contributed by atoms with Crippen molar-refractivity contribution in [1.29, 1.82) is 0 Å². The molecule has 0 aliphatic carbocycles. The van der Waals surface area contributed by atoms with E-state index in [-0.39, 0.29) is 0 Å². The molecule has 0 spiro atoms. The van der Waals surface area contributed by atoms with E-state index in [4.69, 9.17) is 9.98 Å². The Labute approximate surface area is 202 Å². The SMILES string of the molecule is C1=C(c2ccc(-c3cccs3)s2)CCC(c2ccc(-c3ccc(-c4cccs4)s3)cn2)=N1. The maximum absolute atomic E-state index is 4.78. The van der Waals surface area contributed by atoms with Crippen LogP contribution >= 0.6 is 45.3 Å². The minimum Gasteiger partial charge on any atom is -0.259 e. The molecule has 0 atom stereocenters. The number of hydrogen-bond acceptors (Lipinski definition) is 6. The fourth-order valence-corrected chi connectivity index (χ4v) is 7.44. The summed E-state index contributed by atoms with van der Waals surface area (Å²) in [6, 6.07) is 21.7. The van der Waals surface area contributed by atoms with Gasteiger partial charge in [-0.1, -0.05) is 12.1 Å². The normalized spacial score (nSPS) is 13.8. The molecule has 1 aliphatic heterocycles. The molecular formula is C26H18N2S4. The number of nitrogens with zero attached hydrogens (tertiary/aromatic N) is 2. The van der Waals surface area contributed by atoms with E-state index in [9.17, 15) is 0 Å². The van der Waals surface area contributed by atoms with Crippen LogP contribution in [-0.4, -0.2) is 10.7 Å². The second kappa shape index (κ2) is 8.71. The van der Waals surface area contributed by atoms with Crippen LogP contribution in [0.4, 0.5) is 0 Å². The Morgan fingerprint density at radius 3 is 1.91 bits per heavy atom. The number of allylic oxidation sites excluding steroid dienone is 1. The first-order valence-electron chi connectivity index (χ1n) is 10.3. The minimum absolute atomic E-state index is 0.923. The average Bonchev–Trinajstić information content (AvgIpc) is 3.66. The molecule has 32 heavy (non-hydrogen) atoms. The van der Waals surface area contributed by atoms with Gasteiger partial charge in [0, 0.05) is 47.2 Å². The highest BCUT2D eigenvalue weighted by molar-refractivity contribution is 7.23. The number of aromatic nitrogens is 1. The van der Waals surface area contributed by atoms with Gasteiger partial charge < -0.3 is 0 Å². The van der Waals surface area contributed by atoms with E-state index < -0.39 is 0 Å². The van der Waals surface area contributed by atoms with Crippen LogP contribution in [0.15, 0.2) is 88.8 Å². The van der Waals surface area contributed by atoms with Crippen LogP contribution in [0.5, 0.6) is 0 Å². The van der Waals surface area contributed by atoms with Crippen molar-refractivity contribution in [3.05, 3.63) is 94.4 Å². The Morgan fingerprint density at radius 1 is 0.625 bits per heavy atom. The maximum Gasteiger partial charge on any atom is 0.0844 e. The largest absolute Gasteiger partial charge is 0.259 e. The number of thiophene rings is 4. The molecule has 6 heteroatoms. The predicted molar refractivity (Wildman–Crippen MR) is 142 cm³/mol. The lowest BCUT2D eigenvalue weighted by Gasteiger charge is -2.12. The Kier molecular flexibility index (Phi) is 5.45. The third-order valence-electron chi connectivity index (χ3n) is 5.41. The molecule has 6 rings (SSSR count). The van der Waals surface area contributed by atoms with Crippen molar-refractivity contribution in [2.24, 2.45) is 4.99 Å². The van der Waals surface area contributed by atoms with Crippen LogP contribution in [0, 0.1) is 0 Å². The molecule has 0 unspecified atom stereocenters. The molecule has 5 aromatic heterocycles. The first kappa shape index (κ1) is 20.0. The quantitative estimate of drug-likeness (QED) is 0.243. The van der Waals surface area contributed by atoms with E-state index in [0.717, 1.165) is 29.8 Å². The smallest absolute Gasteiger partial charge is 0.0844 e. The molecule has 0 fully saturated rings. The van der Waals surface area contributed by atoms with Gasteiger partial charge in [0.15, 0.2) is 0 Å². The van der Waals surface area contributed by atoms with E-state index in [1.807, 2.05) is 35.1 Å². The van der Waals surface area contributed by atoms with Crippen LogP contribution in [0.3, 0.4) is 0 Å². The molecule has 1 aliphatic rings. The minimum atomic E-state index is 0.923. The van der Waals surface area contributed by atoms with Gasteiger partial charge >= 0.3 is 0 Å². The zero-order valence-electron chi connectivity index (χ0n) is 17.0. The van der Waals surface area contributed by atoms with Gasteiger partial charge in [-0.3, -0.25) is 9.98 Å². The third kappa shape index (κ3) is 3.95. The lowest BCUT2D eigenvalue weighted by molar-refractivity contribution is 1.07. The van der Waals surface area contributed by atoms with Gasteiger partial charge in [0.05, 0.1) is 11.4 Å². The monoisotopic (exact) mass is 486 g/mol. The lowest BCUT2D eigenvalue weighted by Crippen LogP contribution is -2.06. The maximum atomic E-state index is 4.78. The summed E-state index contributed by atoms with van der Waals surface area (Å²) >= 11 is 7.24. The molecule has 156 valence electrons. The molecule has 0 N–H and O–H groups in total. The molecule has 0 aromatic carbocycles. The second-order valence-corrected chi connectivity index (χ2v) is 11.5. The second-order valence-electron chi connectivity index (χ2n) is 7.44. The molecule has 0 saturated carbocycles. The van der Waals surface area contributed by atoms with Gasteiger partial charge in [0.2, 0.25) is 0 Å². The van der Waals surface area contributed by atoms with Crippen molar-refractivity contribution in [3.63, 3.8) is 0 Å². The predicted octanol–water partition coefficient (Wildman–Crippen LogP) is 8.95. The van der Waals surface area contributed by atoms with Gasteiger partial charge in [-0.2, -0.15) is 0 Å². The Balaban J connectivity index is 1.19. The van der Waals surface area contributed by atoms with Gasteiger partial charge in [-0.05, 0) is 77.7 Å². The Hall–Kier alpha value is -2.64. The summed E-state index contributed by atoms with van der Waals surface area (Å²) in [5.74, 6) is 0. The van der Waals surface area contributed by atoms with Crippen molar-refractivity contribution in [1.82, 2.24) is 4.98 Å². The zero-order chi connectivity index (χ0) is 21.3. The molecule has 6 heterocycles. The van der Waals surface area contributed by atoms with Gasteiger partial charge in [-0.15, -0.1) is 45.3 Å². The molecule has 0 amide bonds. The van der Waals surface area contributed by atoms with E-state index in [2.05, 4.69) is 71.4 Å². The molecule has 0 radical (unpaired) electrons. The fourth-order valence-electron chi connectivity index (χ4n) is 3.74. The number of pyridine rings is 1. The molecular weight excluding hydrogens is 469 g/mol. The highest BCUT2D eigenvalue weighted by atomic mass is 32.1. The summed E-state index contributed by atoms with van der Waals surface area (Å²) in [6.07, 6.45) is 5.94. The summed E-state index contributed by atoms with van der Waals surface area (Å²) in [4.78, 5) is 17.4. The van der Waals surface area contributed by atoms with E-state index in [1.165, 1.54) is 34.8 Å². The summed E-state index contributed by atoms with van der Waals surface area (Å²) in [5, 5.41) is 4.25. The summed E-state index contributed by atoms with van der Waals surface area (Å²) in [5.41, 5.74) is 4.53. The first-order chi connectivity index (χ1) is 15.8. The van der Waals surface area contributed by atoms with Crippen LogP contribution in [0.1, 0.15) is 23.4 Å². The zero-order valence-corrected chi connectivity index (χ0v) is 20.3. The topological polar surface area (TPSA) is 25.2 Å². The lowest BCUT2D eigenvalue weighted by atomic mass is 10.0. The Morgan fingerprint density at radius 2 is 1.31 bits per heavy atom. The summed E-state index contributed by atoms with van der Waals surface area (Å²) < 4.78 is 0. The average molecular weight is 487 g/mol. The van der Waals surface area contributed by atoms with Crippen LogP contribution in [-0.2, 0) is 0 Å². The molecule has 0 saturated heterocycles. The first-order valence-corrected chi connectivity index (χ1v) is 13.7. The van der Waals surface area contributed by atoms with E-state index in [0.29, 0.717) is 0 Å². The third-order valence-corrected chi connectivity index (χ3v) is 9.83. The van der Waals surface area contributed by atoms with Gasteiger partial charge in [-0.25, -0.2) is 0 Å². The molecule has 5 aromatic rings. The van der Waals surface area contributed by atoms with Crippen molar-refractivity contribution in [2.45, 2.75) is 12.8 Å². The number of aliphatic imine (C=N–C) groups is 1. The van der Waals surface area contributed by atoms with Crippen molar-refractivity contribution < 1.29 is 0 Å². The number of hydrogen-bond donors (Lipinski definition) is 0. The van der Waals surface area contributed by atoms with Crippen LogP contribution < -0.4 is 0 Å². The van der Waals surface area contributed by atoms with E-state index >= 15 is 0 Å². The van der Waals surface area contributed by atoms with Crippen molar-refractivity contribution in [2.75, 3.05) is 0 Å². The molecule has 0 bridgehead atoms. The van der Waals surface area contributed by atoms with Gasteiger partial charge in [0.1, 0.15) is 0 Å². The van der Waals surface area contributed by atoms with Crippen molar-refractivity contribution in [3.8, 4) is 29.9 Å². The standard InChI is InChI=1S/C26H18N2S4/c1-3-23(29-13-1)25-11-9-21(31-25)17-5-7-19(27-15-17)20-8-6-18(16-28-20)22-10-12-26(32-22)24-4-2-14-30-24/h1-5,7,9-16H,6,8H2. The highest BCUT2D eigenvalue weighted by Gasteiger charge is 2.15. The van der Waals surface area contributed by atoms with E-state index in [1.54, 1.807) is 22.7 Å². The van der Waals surface area contributed by atoms with Gasteiger partial charge in [0.25, 0.3) is 0 Å². The summed E-state index contributed by atoms with van der Waals surface area (Å²) in [6.45, 7) is 0. The molecule has 2 nitrogen and oxygen atoms in total. The highest BCUT2D eigenvalue weighted by Crippen LogP contribution is 2.38. The van der Waals surface area contributed by atoms with Crippen molar-refractivity contribution >= 4 is 56.6 Å². The fraction of sp³-hybridized carbons (Fsp3) is 0.0769.